The summed E-state index contributed by atoms with van der Waals surface area (Å²) in [6, 6.07) is 10.4. The van der Waals surface area contributed by atoms with Crippen molar-refractivity contribution in [3.05, 3.63) is 35.9 Å². The lowest BCUT2D eigenvalue weighted by Crippen LogP contribution is -2.29. The topological polar surface area (TPSA) is 29.1 Å². The standard InChI is InChI=1S/C16H25NO/c1-4-5-11-16(18)17-15(12-13(2)3)14-9-7-6-8-10-14/h6-10,13,15H,4-5,11-12H2,1-3H3,(H,17,18). The molecule has 0 spiro atoms. The van der Waals surface area contributed by atoms with Crippen molar-refractivity contribution >= 4 is 5.91 Å². The van der Waals surface area contributed by atoms with Crippen LogP contribution in [0, 0.1) is 5.92 Å². The maximum Gasteiger partial charge on any atom is 0.220 e. The van der Waals surface area contributed by atoms with Gasteiger partial charge in [-0.05, 0) is 24.3 Å². The Balaban J connectivity index is 2.64. The Kier molecular flexibility index (Phi) is 6.48. The number of amides is 1. The van der Waals surface area contributed by atoms with Crippen LogP contribution in [0.1, 0.15) is 58.1 Å². The lowest BCUT2D eigenvalue weighted by Gasteiger charge is -2.21. The highest BCUT2D eigenvalue weighted by Crippen LogP contribution is 2.21. The summed E-state index contributed by atoms with van der Waals surface area (Å²) in [6.07, 6.45) is 3.66. The second-order valence-corrected chi connectivity index (χ2v) is 5.26. The van der Waals surface area contributed by atoms with Crippen molar-refractivity contribution in [2.45, 2.75) is 52.5 Å². The monoisotopic (exact) mass is 247 g/mol. The van der Waals surface area contributed by atoms with Crippen molar-refractivity contribution in [2.75, 3.05) is 0 Å². The van der Waals surface area contributed by atoms with Crippen molar-refractivity contribution in [2.24, 2.45) is 5.92 Å². The Bertz CT molecular complexity index is 345. The Labute approximate surface area is 111 Å². The molecular formula is C16H25NO. The van der Waals surface area contributed by atoms with Crippen molar-refractivity contribution in [3.63, 3.8) is 0 Å². The lowest BCUT2D eigenvalue weighted by atomic mass is 9.97. The van der Waals surface area contributed by atoms with Crippen molar-refractivity contribution in [3.8, 4) is 0 Å². The van der Waals surface area contributed by atoms with Crippen LogP contribution in [0.4, 0.5) is 0 Å². The van der Waals surface area contributed by atoms with Crippen molar-refractivity contribution < 1.29 is 4.79 Å². The Morgan fingerprint density at radius 2 is 1.89 bits per heavy atom. The Morgan fingerprint density at radius 1 is 1.22 bits per heavy atom. The van der Waals surface area contributed by atoms with Gasteiger partial charge in [-0.1, -0.05) is 57.5 Å². The summed E-state index contributed by atoms with van der Waals surface area (Å²) < 4.78 is 0. The maximum absolute atomic E-state index is 11.9. The fourth-order valence-electron chi connectivity index (χ4n) is 2.04. The predicted octanol–water partition coefficient (Wildman–Crippen LogP) is 4.08. The first-order valence-electron chi connectivity index (χ1n) is 6.97. The lowest BCUT2D eigenvalue weighted by molar-refractivity contribution is -0.122. The van der Waals surface area contributed by atoms with E-state index in [1.54, 1.807) is 0 Å². The van der Waals surface area contributed by atoms with Gasteiger partial charge in [0.15, 0.2) is 0 Å². The number of hydrogen-bond acceptors (Lipinski definition) is 1. The van der Waals surface area contributed by atoms with Gasteiger partial charge in [-0.25, -0.2) is 0 Å². The van der Waals surface area contributed by atoms with Crippen LogP contribution in [0.25, 0.3) is 0 Å². The molecule has 0 heterocycles. The first kappa shape index (κ1) is 14.7. The molecule has 0 saturated heterocycles. The summed E-state index contributed by atoms with van der Waals surface area (Å²) in [5, 5.41) is 3.16. The van der Waals surface area contributed by atoms with E-state index in [0.29, 0.717) is 12.3 Å². The molecule has 0 aliphatic heterocycles. The molecule has 0 aromatic heterocycles. The number of unbranched alkanes of at least 4 members (excludes halogenated alkanes) is 1. The third-order valence-electron chi connectivity index (χ3n) is 3.00. The second kappa shape index (κ2) is 7.91. The third-order valence-corrected chi connectivity index (χ3v) is 3.00. The van der Waals surface area contributed by atoms with E-state index < -0.39 is 0 Å². The van der Waals surface area contributed by atoms with Gasteiger partial charge in [0.05, 0.1) is 6.04 Å². The van der Waals surface area contributed by atoms with Crippen LogP contribution in [0.15, 0.2) is 30.3 Å². The highest BCUT2D eigenvalue weighted by Gasteiger charge is 2.15. The zero-order chi connectivity index (χ0) is 13.4. The number of benzene rings is 1. The predicted molar refractivity (Wildman–Crippen MR) is 76.3 cm³/mol. The molecule has 1 amide bonds. The molecule has 1 N–H and O–H groups in total. The molecule has 2 nitrogen and oxygen atoms in total. The number of carbonyl (C=O) groups is 1. The molecule has 1 aromatic rings. The molecular weight excluding hydrogens is 222 g/mol. The van der Waals surface area contributed by atoms with Gasteiger partial charge in [-0.2, -0.15) is 0 Å². The fourth-order valence-corrected chi connectivity index (χ4v) is 2.04. The molecule has 0 aliphatic carbocycles. The molecule has 0 fully saturated rings. The highest BCUT2D eigenvalue weighted by molar-refractivity contribution is 5.76. The largest absolute Gasteiger partial charge is 0.349 e. The van der Waals surface area contributed by atoms with E-state index >= 15 is 0 Å². The fraction of sp³-hybridized carbons (Fsp3) is 0.562. The summed E-state index contributed by atoms with van der Waals surface area (Å²) in [7, 11) is 0. The maximum atomic E-state index is 11.9. The first-order valence-corrected chi connectivity index (χ1v) is 6.97. The smallest absolute Gasteiger partial charge is 0.220 e. The van der Waals surface area contributed by atoms with Crippen LogP contribution in [-0.2, 0) is 4.79 Å². The minimum absolute atomic E-state index is 0.149. The van der Waals surface area contributed by atoms with E-state index in [1.165, 1.54) is 5.56 Å². The molecule has 18 heavy (non-hydrogen) atoms. The average molecular weight is 247 g/mol. The van der Waals surface area contributed by atoms with Crippen LogP contribution in [0.2, 0.25) is 0 Å². The first-order chi connectivity index (χ1) is 8.63. The molecule has 0 bridgehead atoms. The van der Waals surface area contributed by atoms with Gasteiger partial charge in [-0.15, -0.1) is 0 Å². The van der Waals surface area contributed by atoms with Crippen molar-refractivity contribution in [1.82, 2.24) is 5.32 Å². The Hall–Kier alpha value is -1.31. The van der Waals surface area contributed by atoms with Gasteiger partial charge in [-0.3, -0.25) is 4.79 Å². The number of nitrogens with one attached hydrogen (secondary N) is 1. The number of hydrogen-bond donors (Lipinski definition) is 1. The summed E-state index contributed by atoms with van der Waals surface area (Å²) in [5.74, 6) is 0.744. The molecule has 0 aliphatic rings. The minimum Gasteiger partial charge on any atom is -0.349 e. The van der Waals surface area contributed by atoms with E-state index in [2.05, 4.69) is 38.2 Å². The van der Waals surface area contributed by atoms with E-state index in [0.717, 1.165) is 19.3 Å². The summed E-state index contributed by atoms with van der Waals surface area (Å²) >= 11 is 0. The molecule has 1 unspecified atom stereocenters. The average Bonchev–Trinajstić information content (AvgIpc) is 2.36. The van der Waals surface area contributed by atoms with Crippen LogP contribution < -0.4 is 5.32 Å². The van der Waals surface area contributed by atoms with E-state index in [1.807, 2.05) is 18.2 Å². The van der Waals surface area contributed by atoms with Gasteiger partial charge in [0, 0.05) is 6.42 Å². The van der Waals surface area contributed by atoms with E-state index in [9.17, 15) is 4.79 Å². The highest BCUT2D eigenvalue weighted by atomic mass is 16.1. The molecule has 1 atom stereocenters. The van der Waals surface area contributed by atoms with Gasteiger partial charge in [0.25, 0.3) is 0 Å². The summed E-state index contributed by atoms with van der Waals surface area (Å²) in [4.78, 5) is 11.9. The minimum atomic E-state index is 0.149. The molecule has 100 valence electrons. The summed E-state index contributed by atoms with van der Waals surface area (Å²) in [6.45, 7) is 6.48. The van der Waals surface area contributed by atoms with Gasteiger partial charge in [0.1, 0.15) is 0 Å². The molecule has 1 aromatic carbocycles. The molecule has 0 saturated carbocycles. The number of rotatable bonds is 7. The van der Waals surface area contributed by atoms with Crippen LogP contribution >= 0.6 is 0 Å². The third kappa shape index (κ3) is 5.35. The SMILES string of the molecule is CCCCC(=O)NC(CC(C)C)c1ccccc1. The normalized spacial score (nSPS) is 12.4. The molecule has 1 rings (SSSR count). The van der Waals surface area contributed by atoms with Gasteiger partial charge < -0.3 is 5.32 Å². The number of carbonyl (C=O) groups excluding carboxylic acids is 1. The van der Waals surface area contributed by atoms with E-state index in [4.69, 9.17) is 0 Å². The van der Waals surface area contributed by atoms with Crippen LogP contribution in [0.5, 0.6) is 0 Å². The van der Waals surface area contributed by atoms with E-state index in [-0.39, 0.29) is 11.9 Å². The van der Waals surface area contributed by atoms with Crippen LogP contribution in [0.3, 0.4) is 0 Å². The zero-order valence-electron chi connectivity index (χ0n) is 11.8. The molecule has 0 radical (unpaired) electrons. The van der Waals surface area contributed by atoms with Crippen LogP contribution in [-0.4, -0.2) is 5.91 Å². The summed E-state index contributed by atoms with van der Waals surface area (Å²) in [5.41, 5.74) is 1.20. The zero-order valence-corrected chi connectivity index (χ0v) is 11.8. The quantitative estimate of drug-likeness (QED) is 0.773. The van der Waals surface area contributed by atoms with Gasteiger partial charge in [0.2, 0.25) is 5.91 Å². The Morgan fingerprint density at radius 3 is 2.44 bits per heavy atom. The second-order valence-electron chi connectivity index (χ2n) is 5.26. The van der Waals surface area contributed by atoms with Crippen molar-refractivity contribution in [1.29, 1.82) is 0 Å². The molecule has 2 heteroatoms. The van der Waals surface area contributed by atoms with Gasteiger partial charge >= 0.3 is 0 Å².